The Balaban J connectivity index is 2.18. The molecule has 1 amide bonds. The summed E-state index contributed by atoms with van der Waals surface area (Å²) in [6.07, 6.45) is 0.126. The van der Waals surface area contributed by atoms with Crippen molar-refractivity contribution in [1.29, 1.82) is 0 Å². The van der Waals surface area contributed by atoms with Gasteiger partial charge in [-0.1, -0.05) is 18.2 Å². The van der Waals surface area contributed by atoms with Gasteiger partial charge in [-0.25, -0.2) is 8.42 Å². The van der Waals surface area contributed by atoms with Gasteiger partial charge in [-0.2, -0.15) is 0 Å². The van der Waals surface area contributed by atoms with Crippen molar-refractivity contribution in [3.05, 3.63) is 52.1 Å². The highest BCUT2D eigenvalue weighted by Gasteiger charge is 2.32. The highest BCUT2D eigenvalue weighted by Crippen LogP contribution is 2.46. The zero-order valence-electron chi connectivity index (χ0n) is 16.7. The van der Waals surface area contributed by atoms with Gasteiger partial charge >= 0.3 is 5.69 Å². The Kier molecular flexibility index (Phi) is 7.59. The number of sulfone groups is 1. The molecule has 0 atom stereocenters. The lowest BCUT2D eigenvalue weighted by Crippen LogP contribution is -2.27. The zero-order chi connectivity index (χ0) is 22.3. The van der Waals surface area contributed by atoms with Gasteiger partial charge in [-0.05, 0) is 18.6 Å². The topological polar surface area (TPSA) is 134 Å². The second kappa shape index (κ2) is 9.92. The summed E-state index contributed by atoms with van der Waals surface area (Å²) in [5, 5.41) is 14.1. The highest BCUT2D eigenvalue weighted by molar-refractivity contribution is 7.91. The molecule has 0 fully saturated rings. The van der Waals surface area contributed by atoms with E-state index in [2.05, 4.69) is 5.32 Å². The quantitative estimate of drug-likeness (QED) is 0.339. The fourth-order valence-electron chi connectivity index (χ4n) is 2.80. The van der Waals surface area contributed by atoms with E-state index in [0.29, 0.717) is 0 Å². The van der Waals surface area contributed by atoms with Crippen LogP contribution in [0.4, 0.5) is 5.69 Å². The van der Waals surface area contributed by atoms with E-state index >= 15 is 0 Å². The number of nitro groups is 1. The third-order valence-electron chi connectivity index (χ3n) is 4.21. The van der Waals surface area contributed by atoms with Gasteiger partial charge in [0.2, 0.25) is 11.5 Å². The number of benzene rings is 2. The number of carbonyl (C=O) groups is 1. The largest absolute Gasteiger partial charge is 0.493 e. The summed E-state index contributed by atoms with van der Waals surface area (Å²) in [6, 6.07) is 9.12. The Morgan fingerprint density at radius 2 is 1.70 bits per heavy atom. The van der Waals surface area contributed by atoms with Crippen molar-refractivity contribution in [1.82, 2.24) is 5.32 Å². The van der Waals surface area contributed by atoms with Gasteiger partial charge in [-0.3, -0.25) is 14.9 Å². The number of ether oxygens (including phenoxy) is 3. The predicted molar refractivity (Wildman–Crippen MR) is 108 cm³/mol. The number of hydrogen-bond acceptors (Lipinski definition) is 8. The molecule has 0 spiro atoms. The van der Waals surface area contributed by atoms with E-state index in [1.54, 1.807) is 18.2 Å². The number of rotatable bonds is 10. The average molecular weight is 438 g/mol. The summed E-state index contributed by atoms with van der Waals surface area (Å²) in [6.45, 7) is -0.00128. The van der Waals surface area contributed by atoms with E-state index in [-0.39, 0.29) is 46.4 Å². The molecule has 2 rings (SSSR count). The van der Waals surface area contributed by atoms with Gasteiger partial charge in [0.1, 0.15) is 5.56 Å². The van der Waals surface area contributed by atoms with Crippen LogP contribution in [0.2, 0.25) is 0 Å². The van der Waals surface area contributed by atoms with Crippen LogP contribution in [0, 0.1) is 10.1 Å². The molecule has 0 aliphatic heterocycles. The molecule has 0 unspecified atom stereocenters. The van der Waals surface area contributed by atoms with Crippen LogP contribution in [-0.4, -0.2) is 52.9 Å². The van der Waals surface area contributed by atoms with Crippen LogP contribution in [0.15, 0.2) is 41.3 Å². The fourth-order valence-corrected chi connectivity index (χ4v) is 4.13. The summed E-state index contributed by atoms with van der Waals surface area (Å²) in [5.74, 6) is -1.14. The van der Waals surface area contributed by atoms with E-state index in [4.69, 9.17) is 14.2 Å². The number of nitro benzene ring substituents is 1. The number of nitrogens with one attached hydrogen (secondary N) is 1. The monoisotopic (exact) mass is 438 g/mol. The van der Waals surface area contributed by atoms with Crippen LogP contribution in [0.1, 0.15) is 16.8 Å². The molecule has 162 valence electrons. The van der Waals surface area contributed by atoms with Crippen LogP contribution >= 0.6 is 0 Å². The van der Waals surface area contributed by atoms with Crippen LogP contribution < -0.4 is 19.5 Å². The lowest BCUT2D eigenvalue weighted by molar-refractivity contribution is -0.386. The Bertz CT molecular complexity index is 1020. The van der Waals surface area contributed by atoms with Gasteiger partial charge in [0.15, 0.2) is 15.6 Å². The molecule has 0 radical (unpaired) electrons. The van der Waals surface area contributed by atoms with Crippen LogP contribution in [0.5, 0.6) is 17.2 Å². The summed E-state index contributed by atoms with van der Waals surface area (Å²) < 4.78 is 39.9. The molecule has 2 aromatic carbocycles. The number of methoxy groups -OCH3 is 3. The minimum Gasteiger partial charge on any atom is -0.493 e. The normalized spacial score (nSPS) is 10.9. The molecule has 0 heterocycles. The summed E-state index contributed by atoms with van der Waals surface area (Å²) >= 11 is 0. The molecule has 1 N–H and O–H groups in total. The van der Waals surface area contributed by atoms with Gasteiger partial charge in [0, 0.05) is 12.6 Å². The van der Waals surface area contributed by atoms with Crippen molar-refractivity contribution < 1.29 is 32.3 Å². The van der Waals surface area contributed by atoms with Crippen molar-refractivity contribution in [2.45, 2.75) is 11.3 Å². The van der Waals surface area contributed by atoms with Crippen molar-refractivity contribution in [3.63, 3.8) is 0 Å². The van der Waals surface area contributed by atoms with E-state index in [1.165, 1.54) is 39.5 Å². The van der Waals surface area contributed by atoms with Crippen LogP contribution in [0.3, 0.4) is 0 Å². The molecule has 0 aromatic heterocycles. The lowest BCUT2D eigenvalue weighted by Gasteiger charge is -2.15. The minimum atomic E-state index is -3.49. The average Bonchev–Trinajstić information content (AvgIpc) is 2.75. The summed E-state index contributed by atoms with van der Waals surface area (Å²) in [5.41, 5.74) is -0.870. The Morgan fingerprint density at radius 1 is 1.07 bits per heavy atom. The van der Waals surface area contributed by atoms with Crippen molar-refractivity contribution in [2.75, 3.05) is 33.6 Å². The molecule has 30 heavy (non-hydrogen) atoms. The van der Waals surface area contributed by atoms with E-state index in [1.807, 2.05) is 0 Å². The smallest absolute Gasteiger partial charge is 0.327 e. The second-order valence-corrected chi connectivity index (χ2v) is 8.15. The van der Waals surface area contributed by atoms with Gasteiger partial charge in [0.25, 0.3) is 5.91 Å². The minimum absolute atomic E-state index is 0.00128. The summed E-state index contributed by atoms with van der Waals surface area (Å²) in [7, 11) is 0.325. The maximum Gasteiger partial charge on any atom is 0.327 e. The molecule has 11 heteroatoms. The molecule has 0 aliphatic carbocycles. The number of amides is 1. The van der Waals surface area contributed by atoms with E-state index < -0.39 is 26.4 Å². The number of hydrogen-bond donors (Lipinski definition) is 1. The Morgan fingerprint density at radius 3 is 2.23 bits per heavy atom. The zero-order valence-corrected chi connectivity index (χ0v) is 17.5. The summed E-state index contributed by atoms with van der Waals surface area (Å²) in [4.78, 5) is 23.6. The van der Waals surface area contributed by atoms with Crippen LogP contribution in [0.25, 0.3) is 0 Å². The molecule has 10 nitrogen and oxygen atoms in total. The van der Waals surface area contributed by atoms with Crippen molar-refractivity contribution in [3.8, 4) is 17.2 Å². The van der Waals surface area contributed by atoms with E-state index in [0.717, 1.165) is 0 Å². The molecular formula is C19H22N2O8S. The van der Waals surface area contributed by atoms with Gasteiger partial charge in [0.05, 0.1) is 36.9 Å². The standard InChI is InChI=1S/C19H22N2O8S/c1-27-15-12-14(16(21(23)24)18(29-3)17(15)28-2)19(22)20-10-7-11-30(25,26)13-8-5-4-6-9-13/h4-6,8-9,12H,7,10-11H2,1-3H3,(H,20,22). The van der Waals surface area contributed by atoms with Crippen molar-refractivity contribution in [2.24, 2.45) is 0 Å². The van der Waals surface area contributed by atoms with Crippen LogP contribution in [-0.2, 0) is 9.84 Å². The predicted octanol–water partition coefficient (Wildman–Crippen LogP) is 2.21. The molecule has 0 bridgehead atoms. The Labute approximate surface area is 173 Å². The number of carbonyl (C=O) groups excluding carboxylic acids is 1. The number of nitrogens with zero attached hydrogens (tertiary/aromatic N) is 1. The first-order valence-electron chi connectivity index (χ1n) is 8.80. The SMILES string of the molecule is COc1cc(C(=O)NCCCS(=O)(=O)c2ccccc2)c([N+](=O)[O-])c(OC)c1OC. The fraction of sp³-hybridized carbons (Fsp3) is 0.316. The first-order chi connectivity index (χ1) is 14.3. The van der Waals surface area contributed by atoms with E-state index in [9.17, 15) is 23.3 Å². The third kappa shape index (κ3) is 4.98. The van der Waals surface area contributed by atoms with Gasteiger partial charge < -0.3 is 19.5 Å². The molecule has 0 aliphatic rings. The third-order valence-corrected chi connectivity index (χ3v) is 6.03. The molecule has 0 saturated carbocycles. The van der Waals surface area contributed by atoms with Crippen molar-refractivity contribution >= 4 is 21.4 Å². The first-order valence-corrected chi connectivity index (χ1v) is 10.4. The molecule has 0 saturated heterocycles. The molecular weight excluding hydrogens is 416 g/mol. The molecule has 2 aromatic rings. The Hall–Kier alpha value is -3.34. The lowest BCUT2D eigenvalue weighted by atomic mass is 10.1. The second-order valence-electron chi connectivity index (χ2n) is 6.04. The first kappa shape index (κ1) is 22.9. The maximum absolute atomic E-state index is 12.6. The van der Waals surface area contributed by atoms with Gasteiger partial charge in [-0.15, -0.1) is 0 Å². The maximum atomic E-state index is 12.6. The highest BCUT2D eigenvalue weighted by atomic mass is 32.2.